The van der Waals surface area contributed by atoms with Gasteiger partial charge < -0.3 is 15.2 Å². The van der Waals surface area contributed by atoms with Crippen LogP contribution in [0.15, 0.2) is 12.1 Å². The Morgan fingerprint density at radius 2 is 2.12 bits per heavy atom. The second-order valence-electron chi connectivity index (χ2n) is 4.18. The first-order chi connectivity index (χ1) is 7.81. The number of methoxy groups -OCH3 is 2. The highest BCUT2D eigenvalue weighted by molar-refractivity contribution is 5.53. The largest absolute Gasteiger partial charge is 0.493 e. The molecule has 1 aliphatic rings. The van der Waals surface area contributed by atoms with Crippen LogP contribution in [0.25, 0.3) is 0 Å². The minimum absolute atomic E-state index is 0.597. The van der Waals surface area contributed by atoms with E-state index in [1.54, 1.807) is 14.2 Å². The third-order valence-electron chi connectivity index (χ3n) is 3.38. The SMILES string of the molecule is COc1ccc2c(c1OC)CCC2CCN. The van der Waals surface area contributed by atoms with Crippen LogP contribution in [0.2, 0.25) is 0 Å². The van der Waals surface area contributed by atoms with E-state index in [0.29, 0.717) is 5.92 Å². The van der Waals surface area contributed by atoms with Gasteiger partial charge in [0.15, 0.2) is 11.5 Å². The van der Waals surface area contributed by atoms with Gasteiger partial charge in [-0.25, -0.2) is 0 Å². The van der Waals surface area contributed by atoms with Gasteiger partial charge in [-0.1, -0.05) is 6.07 Å². The van der Waals surface area contributed by atoms with Crippen molar-refractivity contribution in [2.45, 2.75) is 25.2 Å². The Morgan fingerprint density at radius 1 is 1.31 bits per heavy atom. The average molecular weight is 221 g/mol. The molecule has 16 heavy (non-hydrogen) atoms. The fraction of sp³-hybridized carbons (Fsp3) is 0.538. The highest BCUT2D eigenvalue weighted by atomic mass is 16.5. The molecule has 88 valence electrons. The minimum Gasteiger partial charge on any atom is -0.493 e. The second-order valence-corrected chi connectivity index (χ2v) is 4.18. The van der Waals surface area contributed by atoms with E-state index in [9.17, 15) is 0 Å². The van der Waals surface area contributed by atoms with Crippen LogP contribution in [0.3, 0.4) is 0 Å². The molecule has 0 saturated heterocycles. The lowest BCUT2D eigenvalue weighted by Crippen LogP contribution is -2.05. The maximum atomic E-state index is 5.64. The fourth-order valence-electron chi connectivity index (χ4n) is 2.62. The Hall–Kier alpha value is -1.22. The second kappa shape index (κ2) is 4.74. The van der Waals surface area contributed by atoms with Crippen molar-refractivity contribution in [1.29, 1.82) is 0 Å². The van der Waals surface area contributed by atoms with Gasteiger partial charge in [0.1, 0.15) is 0 Å². The summed E-state index contributed by atoms with van der Waals surface area (Å²) in [6, 6.07) is 4.15. The van der Waals surface area contributed by atoms with E-state index in [0.717, 1.165) is 30.9 Å². The van der Waals surface area contributed by atoms with Gasteiger partial charge in [0.25, 0.3) is 0 Å². The van der Waals surface area contributed by atoms with E-state index < -0.39 is 0 Å². The third-order valence-corrected chi connectivity index (χ3v) is 3.38. The molecule has 1 aromatic carbocycles. The zero-order valence-electron chi connectivity index (χ0n) is 9.95. The van der Waals surface area contributed by atoms with Crippen LogP contribution >= 0.6 is 0 Å². The van der Waals surface area contributed by atoms with Crippen LogP contribution in [0.1, 0.15) is 29.9 Å². The van der Waals surface area contributed by atoms with Gasteiger partial charge >= 0.3 is 0 Å². The van der Waals surface area contributed by atoms with E-state index in [-0.39, 0.29) is 0 Å². The number of fused-ring (bicyclic) bond motifs is 1. The van der Waals surface area contributed by atoms with Crippen molar-refractivity contribution in [1.82, 2.24) is 0 Å². The molecule has 0 aliphatic heterocycles. The summed E-state index contributed by atoms with van der Waals surface area (Å²) in [6.07, 6.45) is 3.30. The first-order valence-corrected chi connectivity index (χ1v) is 5.75. The molecular weight excluding hydrogens is 202 g/mol. The number of hydrogen-bond donors (Lipinski definition) is 1. The first kappa shape index (κ1) is 11.3. The molecule has 1 aromatic rings. The molecule has 0 aromatic heterocycles. The summed E-state index contributed by atoms with van der Waals surface area (Å²) in [5.41, 5.74) is 8.33. The van der Waals surface area contributed by atoms with Crippen molar-refractivity contribution < 1.29 is 9.47 Å². The molecule has 0 bridgehead atoms. The number of hydrogen-bond acceptors (Lipinski definition) is 3. The van der Waals surface area contributed by atoms with Crippen LogP contribution in [-0.2, 0) is 6.42 Å². The Balaban J connectivity index is 2.39. The molecular formula is C13H19NO2. The van der Waals surface area contributed by atoms with Gasteiger partial charge in [0.2, 0.25) is 0 Å². The topological polar surface area (TPSA) is 44.5 Å². The summed E-state index contributed by atoms with van der Waals surface area (Å²) in [4.78, 5) is 0. The zero-order chi connectivity index (χ0) is 11.5. The summed E-state index contributed by atoms with van der Waals surface area (Å²) in [6.45, 7) is 0.748. The van der Waals surface area contributed by atoms with E-state index in [2.05, 4.69) is 6.07 Å². The zero-order valence-corrected chi connectivity index (χ0v) is 9.95. The van der Waals surface area contributed by atoms with Crippen molar-refractivity contribution in [3.8, 4) is 11.5 Å². The summed E-state index contributed by atoms with van der Waals surface area (Å²) in [5, 5.41) is 0. The van der Waals surface area contributed by atoms with E-state index >= 15 is 0 Å². The molecule has 1 atom stereocenters. The smallest absolute Gasteiger partial charge is 0.164 e. The van der Waals surface area contributed by atoms with E-state index in [1.165, 1.54) is 17.5 Å². The molecule has 0 amide bonds. The number of nitrogens with two attached hydrogens (primary N) is 1. The van der Waals surface area contributed by atoms with Gasteiger partial charge in [0.05, 0.1) is 14.2 Å². The molecule has 2 N–H and O–H groups in total. The van der Waals surface area contributed by atoms with Gasteiger partial charge in [-0.2, -0.15) is 0 Å². The molecule has 3 nitrogen and oxygen atoms in total. The lowest BCUT2D eigenvalue weighted by atomic mass is 9.97. The molecule has 3 heteroatoms. The first-order valence-electron chi connectivity index (χ1n) is 5.75. The van der Waals surface area contributed by atoms with Crippen molar-refractivity contribution >= 4 is 0 Å². The third kappa shape index (κ3) is 1.76. The van der Waals surface area contributed by atoms with Crippen LogP contribution in [0.4, 0.5) is 0 Å². The van der Waals surface area contributed by atoms with Crippen LogP contribution in [0.5, 0.6) is 11.5 Å². The molecule has 0 saturated carbocycles. The monoisotopic (exact) mass is 221 g/mol. The molecule has 1 unspecified atom stereocenters. The quantitative estimate of drug-likeness (QED) is 0.846. The summed E-state index contributed by atoms with van der Waals surface area (Å²) in [7, 11) is 3.38. The fourth-order valence-corrected chi connectivity index (χ4v) is 2.62. The maximum Gasteiger partial charge on any atom is 0.164 e. The summed E-state index contributed by atoms with van der Waals surface area (Å²) >= 11 is 0. The van der Waals surface area contributed by atoms with Gasteiger partial charge in [-0.05, 0) is 43.4 Å². The Labute approximate surface area is 96.5 Å². The van der Waals surface area contributed by atoms with E-state index in [1.807, 2.05) is 6.07 Å². The minimum atomic E-state index is 0.597. The number of rotatable bonds is 4. The predicted molar refractivity (Wildman–Crippen MR) is 64.3 cm³/mol. The number of benzene rings is 1. The van der Waals surface area contributed by atoms with Crippen molar-refractivity contribution in [3.63, 3.8) is 0 Å². The normalized spacial score (nSPS) is 18.3. The highest BCUT2D eigenvalue weighted by Gasteiger charge is 2.26. The summed E-state index contributed by atoms with van der Waals surface area (Å²) in [5.74, 6) is 2.33. The van der Waals surface area contributed by atoms with Crippen LogP contribution in [-0.4, -0.2) is 20.8 Å². The molecule has 2 rings (SSSR count). The van der Waals surface area contributed by atoms with Crippen molar-refractivity contribution in [2.75, 3.05) is 20.8 Å². The van der Waals surface area contributed by atoms with Crippen LogP contribution in [0, 0.1) is 0 Å². The maximum absolute atomic E-state index is 5.64. The molecule has 0 fully saturated rings. The lowest BCUT2D eigenvalue weighted by molar-refractivity contribution is 0.352. The molecule has 0 radical (unpaired) electrons. The van der Waals surface area contributed by atoms with Crippen molar-refractivity contribution in [2.24, 2.45) is 5.73 Å². The van der Waals surface area contributed by atoms with E-state index in [4.69, 9.17) is 15.2 Å². The highest BCUT2D eigenvalue weighted by Crippen LogP contribution is 2.44. The molecule has 0 spiro atoms. The Morgan fingerprint density at radius 3 is 2.75 bits per heavy atom. The predicted octanol–water partition coefficient (Wildman–Crippen LogP) is 2.08. The Kier molecular flexibility index (Phi) is 3.34. The molecule has 0 heterocycles. The Bertz CT molecular complexity index is 376. The lowest BCUT2D eigenvalue weighted by Gasteiger charge is -2.14. The average Bonchev–Trinajstić information content (AvgIpc) is 2.72. The molecule has 1 aliphatic carbocycles. The van der Waals surface area contributed by atoms with Crippen LogP contribution < -0.4 is 15.2 Å². The summed E-state index contributed by atoms with van der Waals surface area (Å²) < 4.78 is 10.8. The van der Waals surface area contributed by atoms with Crippen molar-refractivity contribution in [3.05, 3.63) is 23.3 Å². The number of ether oxygens (including phenoxy) is 2. The van der Waals surface area contributed by atoms with Gasteiger partial charge in [0, 0.05) is 5.56 Å². The standard InChI is InChI=1S/C13H19NO2/c1-15-12-6-5-10-9(7-8-14)3-4-11(10)13(12)16-2/h5-6,9H,3-4,7-8,14H2,1-2H3. The van der Waals surface area contributed by atoms with Gasteiger partial charge in [-0.3, -0.25) is 0 Å². The van der Waals surface area contributed by atoms with Gasteiger partial charge in [-0.15, -0.1) is 0 Å².